The third-order valence-corrected chi connectivity index (χ3v) is 2.75. The van der Waals surface area contributed by atoms with Gasteiger partial charge in [0, 0.05) is 7.05 Å². The summed E-state index contributed by atoms with van der Waals surface area (Å²) in [4.78, 5) is 10.5. The Labute approximate surface area is 112 Å². The third-order valence-electron chi connectivity index (χ3n) is 2.75. The van der Waals surface area contributed by atoms with Crippen molar-refractivity contribution in [2.24, 2.45) is 5.84 Å². The van der Waals surface area contributed by atoms with Crippen LogP contribution in [0.15, 0.2) is 36.7 Å². The number of rotatable bonds is 5. The van der Waals surface area contributed by atoms with Gasteiger partial charge in [-0.05, 0) is 12.1 Å². The number of ether oxygens (including phenoxy) is 1. The Morgan fingerprint density at radius 3 is 2.68 bits per heavy atom. The number of methoxy groups -OCH3 is 1. The molecule has 0 spiro atoms. The number of para-hydroxylation sites is 2. The fraction of sp³-hybridized carbons (Fsp3) is 0.231. The first kappa shape index (κ1) is 13.1. The molecule has 0 saturated heterocycles. The SMILES string of the molecule is COc1ccccc1N(C)Cc1cnc(NN)cn1. The smallest absolute Gasteiger partial charge is 0.158 e. The molecule has 0 amide bonds. The first-order valence-electron chi connectivity index (χ1n) is 5.86. The second kappa shape index (κ2) is 6.01. The maximum atomic E-state index is 5.34. The molecule has 1 aromatic carbocycles. The lowest BCUT2D eigenvalue weighted by atomic mass is 10.2. The second-order valence-corrected chi connectivity index (χ2v) is 4.07. The summed E-state index contributed by atoms with van der Waals surface area (Å²) in [5.41, 5.74) is 4.31. The van der Waals surface area contributed by atoms with Crippen molar-refractivity contribution < 1.29 is 4.74 Å². The molecule has 6 heteroatoms. The number of hydrazine groups is 1. The van der Waals surface area contributed by atoms with E-state index in [4.69, 9.17) is 10.6 Å². The summed E-state index contributed by atoms with van der Waals surface area (Å²) < 4.78 is 5.34. The maximum absolute atomic E-state index is 5.34. The lowest BCUT2D eigenvalue weighted by Crippen LogP contribution is -2.18. The van der Waals surface area contributed by atoms with Gasteiger partial charge in [-0.3, -0.25) is 4.98 Å². The molecule has 19 heavy (non-hydrogen) atoms. The number of nitrogens with two attached hydrogens (primary N) is 1. The summed E-state index contributed by atoms with van der Waals surface area (Å²) in [7, 11) is 3.64. The first-order chi connectivity index (χ1) is 9.24. The van der Waals surface area contributed by atoms with Gasteiger partial charge in [0.2, 0.25) is 0 Å². The van der Waals surface area contributed by atoms with Crippen LogP contribution in [0.2, 0.25) is 0 Å². The number of anilines is 2. The van der Waals surface area contributed by atoms with Gasteiger partial charge in [-0.15, -0.1) is 0 Å². The lowest BCUT2D eigenvalue weighted by molar-refractivity contribution is 0.414. The average Bonchev–Trinajstić information content (AvgIpc) is 2.48. The van der Waals surface area contributed by atoms with E-state index in [2.05, 4.69) is 20.3 Å². The monoisotopic (exact) mass is 259 g/mol. The highest BCUT2D eigenvalue weighted by Gasteiger charge is 2.08. The summed E-state index contributed by atoms with van der Waals surface area (Å²) in [6, 6.07) is 7.85. The van der Waals surface area contributed by atoms with Crippen LogP contribution < -0.4 is 20.9 Å². The van der Waals surface area contributed by atoms with Gasteiger partial charge in [-0.25, -0.2) is 10.8 Å². The Morgan fingerprint density at radius 2 is 2.05 bits per heavy atom. The highest BCUT2D eigenvalue weighted by molar-refractivity contribution is 5.57. The summed E-state index contributed by atoms with van der Waals surface area (Å²) >= 11 is 0. The van der Waals surface area contributed by atoms with Crippen LogP contribution >= 0.6 is 0 Å². The number of aromatic nitrogens is 2. The van der Waals surface area contributed by atoms with Gasteiger partial charge in [0.1, 0.15) is 5.75 Å². The van der Waals surface area contributed by atoms with Crippen LogP contribution in [0, 0.1) is 0 Å². The highest BCUT2D eigenvalue weighted by Crippen LogP contribution is 2.27. The molecule has 0 aliphatic carbocycles. The van der Waals surface area contributed by atoms with Crippen LogP contribution in [-0.4, -0.2) is 24.1 Å². The minimum atomic E-state index is 0.545. The predicted octanol–water partition coefficient (Wildman–Crippen LogP) is 1.41. The van der Waals surface area contributed by atoms with Crippen molar-refractivity contribution in [3.63, 3.8) is 0 Å². The molecule has 2 rings (SSSR count). The van der Waals surface area contributed by atoms with Crippen molar-refractivity contribution in [1.29, 1.82) is 0 Å². The minimum Gasteiger partial charge on any atom is -0.495 e. The molecule has 0 atom stereocenters. The van der Waals surface area contributed by atoms with E-state index < -0.39 is 0 Å². The van der Waals surface area contributed by atoms with Gasteiger partial charge in [0.05, 0.1) is 37.4 Å². The molecule has 0 saturated carbocycles. The molecule has 3 N–H and O–H groups in total. The average molecular weight is 259 g/mol. The quantitative estimate of drug-likeness (QED) is 0.624. The number of nitrogen functional groups attached to an aromatic ring is 1. The Bertz CT molecular complexity index is 529. The molecule has 0 bridgehead atoms. The van der Waals surface area contributed by atoms with Crippen molar-refractivity contribution >= 4 is 11.5 Å². The Kier molecular flexibility index (Phi) is 4.15. The molecule has 0 aliphatic heterocycles. The predicted molar refractivity (Wildman–Crippen MR) is 74.9 cm³/mol. The normalized spacial score (nSPS) is 10.1. The van der Waals surface area contributed by atoms with Crippen LogP contribution in [0.25, 0.3) is 0 Å². The van der Waals surface area contributed by atoms with E-state index in [-0.39, 0.29) is 0 Å². The van der Waals surface area contributed by atoms with Gasteiger partial charge in [0.25, 0.3) is 0 Å². The molecule has 0 aliphatic rings. The van der Waals surface area contributed by atoms with Crippen molar-refractivity contribution in [1.82, 2.24) is 9.97 Å². The van der Waals surface area contributed by atoms with Crippen LogP contribution in [-0.2, 0) is 6.54 Å². The van der Waals surface area contributed by atoms with E-state index in [0.29, 0.717) is 12.4 Å². The van der Waals surface area contributed by atoms with Gasteiger partial charge in [-0.2, -0.15) is 0 Å². The van der Waals surface area contributed by atoms with Crippen molar-refractivity contribution in [2.45, 2.75) is 6.54 Å². The lowest BCUT2D eigenvalue weighted by Gasteiger charge is -2.21. The van der Waals surface area contributed by atoms with E-state index in [0.717, 1.165) is 17.1 Å². The van der Waals surface area contributed by atoms with Gasteiger partial charge in [-0.1, -0.05) is 12.1 Å². The summed E-state index contributed by atoms with van der Waals surface area (Å²) in [5.74, 6) is 6.63. The van der Waals surface area contributed by atoms with E-state index in [1.165, 1.54) is 0 Å². The molecule has 6 nitrogen and oxygen atoms in total. The van der Waals surface area contributed by atoms with Crippen LogP contribution in [0.5, 0.6) is 5.75 Å². The van der Waals surface area contributed by atoms with E-state index >= 15 is 0 Å². The van der Waals surface area contributed by atoms with Crippen molar-refractivity contribution in [2.75, 3.05) is 24.5 Å². The maximum Gasteiger partial charge on any atom is 0.158 e. The standard InChI is InChI=1S/C13H17N5O/c1-18(11-5-3-4-6-12(11)19-2)9-10-7-16-13(17-14)8-15-10/h3-8H,9,14H2,1-2H3,(H,16,17). The first-order valence-corrected chi connectivity index (χ1v) is 5.86. The van der Waals surface area contributed by atoms with Gasteiger partial charge in [0.15, 0.2) is 5.82 Å². The fourth-order valence-electron chi connectivity index (χ4n) is 1.78. The van der Waals surface area contributed by atoms with E-state index in [1.807, 2.05) is 31.3 Å². The number of nitrogens with zero attached hydrogens (tertiary/aromatic N) is 3. The number of hydrogen-bond acceptors (Lipinski definition) is 6. The number of nitrogens with one attached hydrogen (secondary N) is 1. The largest absolute Gasteiger partial charge is 0.495 e. The molecular weight excluding hydrogens is 242 g/mol. The van der Waals surface area contributed by atoms with Gasteiger partial charge < -0.3 is 15.1 Å². The summed E-state index contributed by atoms with van der Waals surface area (Å²) in [6.07, 6.45) is 3.30. The molecule has 2 aromatic rings. The van der Waals surface area contributed by atoms with E-state index in [1.54, 1.807) is 19.5 Å². The Balaban J connectivity index is 2.13. The zero-order chi connectivity index (χ0) is 13.7. The second-order valence-electron chi connectivity index (χ2n) is 4.07. The molecule has 0 radical (unpaired) electrons. The molecule has 1 aromatic heterocycles. The highest BCUT2D eigenvalue weighted by atomic mass is 16.5. The molecular formula is C13H17N5O. The molecule has 1 heterocycles. The van der Waals surface area contributed by atoms with Crippen LogP contribution in [0.3, 0.4) is 0 Å². The zero-order valence-electron chi connectivity index (χ0n) is 11.0. The van der Waals surface area contributed by atoms with Crippen LogP contribution in [0.4, 0.5) is 11.5 Å². The summed E-state index contributed by atoms with van der Waals surface area (Å²) in [5, 5.41) is 0. The van der Waals surface area contributed by atoms with Crippen molar-refractivity contribution in [3.8, 4) is 5.75 Å². The number of hydrogen-bond donors (Lipinski definition) is 2. The fourth-order valence-corrected chi connectivity index (χ4v) is 1.78. The topological polar surface area (TPSA) is 76.3 Å². The molecule has 0 unspecified atom stereocenters. The Morgan fingerprint density at radius 1 is 1.26 bits per heavy atom. The number of benzene rings is 1. The Hall–Kier alpha value is -2.34. The van der Waals surface area contributed by atoms with Crippen LogP contribution in [0.1, 0.15) is 5.69 Å². The molecule has 100 valence electrons. The van der Waals surface area contributed by atoms with Gasteiger partial charge >= 0.3 is 0 Å². The zero-order valence-corrected chi connectivity index (χ0v) is 11.0. The van der Waals surface area contributed by atoms with Crippen molar-refractivity contribution in [3.05, 3.63) is 42.4 Å². The summed E-state index contributed by atoms with van der Waals surface area (Å²) in [6.45, 7) is 0.637. The molecule has 0 fully saturated rings. The minimum absolute atomic E-state index is 0.545. The van der Waals surface area contributed by atoms with E-state index in [9.17, 15) is 0 Å². The third kappa shape index (κ3) is 3.11.